The third-order valence-corrected chi connectivity index (χ3v) is 2.10. The lowest BCUT2D eigenvalue weighted by Gasteiger charge is -1.94. The second kappa shape index (κ2) is 5.65. The van der Waals surface area contributed by atoms with Crippen LogP contribution < -0.4 is 0 Å². The third-order valence-electron chi connectivity index (χ3n) is 2.10. The first-order chi connectivity index (χ1) is 8.38. The topological polar surface area (TPSA) is 49.4 Å². The highest BCUT2D eigenvalue weighted by molar-refractivity contribution is 5.47. The largest absolute Gasteiger partial charge is 0.192 e. The SMILES string of the molecule is CN=Nc1ccc(N=Nc2ccccc2)cc1. The van der Waals surface area contributed by atoms with Crippen LogP contribution in [0.2, 0.25) is 0 Å². The molecule has 0 amide bonds. The summed E-state index contributed by atoms with van der Waals surface area (Å²) in [7, 11) is 1.64. The Morgan fingerprint density at radius 3 is 1.59 bits per heavy atom. The van der Waals surface area contributed by atoms with Crippen LogP contribution in [0.1, 0.15) is 0 Å². The van der Waals surface area contributed by atoms with Crippen LogP contribution in [0.25, 0.3) is 0 Å². The lowest BCUT2D eigenvalue weighted by atomic mass is 10.3. The number of nitrogens with zero attached hydrogens (tertiary/aromatic N) is 4. The molecule has 0 atom stereocenters. The second-order valence-corrected chi connectivity index (χ2v) is 3.35. The number of rotatable bonds is 3. The molecule has 0 N–H and O–H groups in total. The van der Waals surface area contributed by atoms with Crippen molar-refractivity contribution in [2.75, 3.05) is 7.05 Å². The van der Waals surface area contributed by atoms with Gasteiger partial charge in [-0.15, -0.1) is 0 Å². The van der Waals surface area contributed by atoms with E-state index in [9.17, 15) is 0 Å². The minimum absolute atomic E-state index is 0.795. The predicted molar refractivity (Wildman–Crippen MR) is 67.5 cm³/mol. The summed E-state index contributed by atoms with van der Waals surface area (Å²) in [5.41, 5.74) is 2.44. The molecule has 0 bridgehead atoms. The maximum Gasteiger partial charge on any atom is 0.0858 e. The van der Waals surface area contributed by atoms with E-state index in [-0.39, 0.29) is 0 Å². The van der Waals surface area contributed by atoms with Crippen molar-refractivity contribution in [2.24, 2.45) is 20.5 Å². The van der Waals surface area contributed by atoms with Gasteiger partial charge in [0.15, 0.2) is 0 Å². The van der Waals surface area contributed by atoms with Gasteiger partial charge in [-0.2, -0.15) is 20.5 Å². The van der Waals surface area contributed by atoms with Crippen LogP contribution in [-0.2, 0) is 0 Å². The summed E-state index contributed by atoms with van der Waals surface area (Å²) >= 11 is 0. The van der Waals surface area contributed by atoms with Gasteiger partial charge in [0.1, 0.15) is 0 Å². The molecule has 0 aromatic heterocycles. The van der Waals surface area contributed by atoms with E-state index in [1.165, 1.54) is 0 Å². The van der Waals surface area contributed by atoms with Crippen LogP contribution >= 0.6 is 0 Å². The minimum atomic E-state index is 0.795. The first-order valence-electron chi connectivity index (χ1n) is 5.25. The van der Waals surface area contributed by atoms with Crippen LogP contribution in [0.15, 0.2) is 75.1 Å². The molecule has 17 heavy (non-hydrogen) atoms. The zero-order chi connectivity index (χ0) is 11.9. The minimum Gasteiger partial charge on any atom is -0.192 e. The Labute approximate surface area is 99.7 Å². The summed E-state index contributed by atoms with van der Waals surface area (Å²) in [5, 5.41) is 15.9. The molecule has 2 rings (SSSR count). The van der Waals surface area contributed by atoms with Gasteiger partial charge in [-0.25, -0.2) is 0 Å². The van der Waals surface area contributed by atoms with Gasteiger partial charge < -0.3 is 0 Å². The molecular formula is C13H12N4. The van der Waals surface area contributed by atoms with E-state index in [2.05, 4.69) is 20.5 Å². The molecule has 2 aromatic rings. The van der Waals surface area contributed by atoms with E-state index < -0.39 is 0 Å². The van der Waals surface area contributed by atoms with E-state index in [4.69, 9.17) is 0 Å². The Bertz CT molecular complexity index is 515. The van der Waals surface area contributed by atoms with Gasteiger partial charge in [0.2, 0.25) is 0 Å². The van der Waals surface area contributed by atoms with E-state index in [0.29, 0.717) is 0 Å². The van der Waals surface area contributed by atoms with Crippen molar-refractivity contribution in [1.82, 2.24) is 0 Å². The Balaban J connectivity index is 2.11. The molecule has 0 radical (unpaired) electrons. The molecule has 4 heteroatoms. The van der Waals surface area contributed by atoms with Gasteiger partial charge in [0, 0.05) is 7.05 Å². The molecule has 4 nitrogen and oxygen atoms in total. The third kappa shape index (κ3) is 3.31. The zero-order valence-corrected chi connectivity index (χ0v) is 9.49. The van der Waals surface area contributed by atoms with Gasteiger partial charge in [0.25, 0.3) is 0 Å². The number of benzene rings is 2. The van der Waals surface area contributed by atoms with Gasteiger partial charge in [0.05, 0.1) is 17.1 Å². The first-order valence-corrected chi connectivity index (χ1v) is 5.25. The van der Waals surface area contributed by atoms with Crippen LogP contribution in [0, 0.1) is 0 Å². The molecule has 0 aliphatic rings. The molecule has 0 unspecified atom stereocenters. The van der Waals surface area contributed by atoms with Crippen molar-refractivity contribution in [3.8, 4) is 0 Å². The van der Waals surface area contributed by atoms with Crippen LogP contribution in [0.4, 0.5) is 17.1 Å². The first kappa shape index (κ1) is 11.1. The zero-order valence-electron chi connectivity index (χ0n) is 9.49. The number of hydrogen-bond acceptors (Lipinski definition) is 4. The summed E-state index contributed by atoms with van der Waals surface area (Å²) in [4.78, 5) is 0. The Kier molecular flexibility index (Phi) is 3.70. The van der Waals surface area contributed by atoms with E-state index in [0.717, 1.165) is 17.1 Å². The normalized spacial score (nSPS) is 11.4. The molecule has 0 spiro atoms. The molecule has 0 aliphatic heterocycles. The van der Waals surface area contributed by atoms with Crippen molar-refractivity contribution >= 4 is 17.1 Å². The molecule has 0 heterocycles. The highest BCUT2D eigenvalue weighted by Crippen LogP contribution is 2.21. The average molecular weight is 224 g/mol. The van der Waals surface area contributed by atoms with E-state index >= 15 is 0 Å². The molecule has 0 saturated carbocycles. The van der Waals surface area contributed by atoms with Gasteiger partial charge >= 0.3 is 0 Å². The molecule has 84 valence electrons. The highest BCUT2D eigenvalue weighted by Gasteiger charge is 1.91. The second-order valence-electron chi connectivity index (χ2n) is 3.35. The summed E-state index contributed by atoms with van der Waals surface area (Å²) in [5.74, 6) is 0. The van der Waals surface area contributed by atoms with Gasteiger partial charge in [-0.3, -0.25) is 0 Å². The standard InChI is InChI=1S/C13H12N4/c1-14-15-12-7-9-13(10-8-12)17-16-11-5-3-2-4-6-11/h2-10H,1H3. The molecule has 0 aliphatic carbocycles. The molecular weight excluding hydrogens is 212 g/mol. The summed E-state index contributed by atoms with van der Waals surface area (Å²) in [6.45, 7) is 0. The number of azo groups is 2. The Morgan fingerprint density at radius 1 is 0.588 bits per heavy atom. The van der Waals surface area contributed by atoms with Crippen molar-refractivity contribution in [3.63, 3.8) is 0 Å². The molecule has 2 aromatic carbocycles. The quantitative estimate of drug-likeness (QED) is 0.671. The van der Waals surface area contributed by atoms with Crippen molar-refractivity contribution in [2.45, 2.75) is 0 Å². The maximum atomic E-state index is 4.13. The monoisotopic (exact) mass is 224 g/mol. The summed E-state index contributed by atoms with van der Waals surface area (Å²) in [6, 6.07) is 17.0. The average Bonchev–Trinajstić information content (AvgIpc) is 2.40. The van der Waals surface area contributed by atoms with Gasteiger partial charge in [-0.1, -0.05) is 18.2 Å². The lowest BCUT2D eigenvalue weighted by Crippen LogP contribution is -1.65. The van der Waals surface area contributed by atoms with Crippen LogP contribution in [0.3, 0.4) is 0 Å². The van der Waals surface area contributed by atoms with E-state index in [1.54, 1.807) is 7.05 Å². The van der Waals surface area contributed by atoms with Crippen molar-refractivity contribution < 1.29 is 0 Å². The van der Waals surface area contributed by atoms with E-state index in [1.807, 2.05) is 54.6 Å². The van der Waals surface area contributed by atoms with Crippen LogP contribution in [0.5, 0.6) is 0 Å². The number of hydrogen-bond donors (Lipinski definition) is 0. The fourth-order valence-electron chi connectivity index (χ4n) is 1.31. The Morgan fingerprint density at radius 2 is 1.06 bits per heavy atom. The molecule has 0 saturated heterocycles. The fraction of sp³-hybridized carbons (Fsp3) is 0.0769. The smallest absolute Gasteiger partial charge is 0.0858 e. The van der Waals surface area contributed by atoms with Crippen molar-refractivity contribution in [1.29, 1.82) is 0 Å². The van der Waals surface area contributed by atoms with Gasteiger partial charge in [-0.05, 0) is 36.4 Å². The molecule has 0 fully saturated rings. The Hall–Kier alpha value is -2.36. The highest BCUT2D eigenvalue weighted by atomic mass is 15.1. The fourth-order valence-corrected chi connectivity index (χ4v) is 1.31. The van der Waals surface area contributed by atoms with Crippen LogP contribution in [-0.4, -0.2) is 7.05 Å². The lowest BCUT2D eigenvalue weighted by molar-refractivity contribution is 1.16. The van der Waals surface area contributed by atoms with Crippen molar-refractivity contribution in [3.05, 3.63) is 54.6 Å². The predicted octanol–water partition coefficient (Wildman–Crippen LogP) is 4.82. The summed E-state index contributed by atoms with van der Waals surface area (Å²) in [6.07, 6.45) is 0. The summed E-state index contributed by atoms with van der Waals surface area (Å²) < 4.78 is 0. The maximum absolute atomic E-state index is 4.13.